The number of carbonyl (C=O) groups is 1. The second-order valence-corrected chi connectivity index (χ2v) is 6.41. The number of carbonyl (C=O) groups excluding carboxylic acids is 1. The fourth-order valence-corrected chi connectivity index (χ4v) is 2.93. The highest BCUT2D eigenvalue weighted by Crippen LogP contribution is 2.12. The van der Waals surface area contributed by atoms with E-state index in [0.29, 0.717) is 32.8 Å². The Morgan fingerprint density at radius 3 is 2.88 bits per heavy atom. The summed E-state index contributed by atoms with van der Waals surface area (Å²) in [6, 6.07) is 9.67. The summed E-state index contributed by atoms with van der Waals surface area (Å²) in [7, 11) is 0. The summed E-state index contributed by atoms with van der Waals surface area (Å²) in [5.74, 6) is 0.825. The predicted molar refractivity (Wildman–Crippen MR) is 95.6 cm³/mol. The highest BCUT2D eigenvalue weighted by molar-refractivity contribution is 5.67. The van der Waals surface area contributed by atoms with Gasteiger partial charge in [-0.25, -0.2) is 4.79 Å². The van der Waals surface area contributed by atoms with E-state index in [-0.39, 0.29) is 18.8 Å². The van der Waals surface area contributed by atoms with Crippen LogP contribution in [0.3, 0.4) is 0 Å². The van der Waals surface area contributed by atoms with Crippen molar-refractivity contribution < 1.29 is 18.8 Å². The van der Waals surface area contributed by atoms with Gasteiger partial charge in [-0.2, -0.15) is 0 Å². The lowest BCUT2D eigenvalue weighted by Crippen LogP contribution is -2.49. The Morgan fingerprint density at radius 2 is 2.15 bits per heavy atom. The molecule has 140 valence electrons. The fourth-order valence-electron chi connectivity index (χ4n) is 2.93. The molecule has 1 aliphatic rings. The van der Waals surface area contributed by atoms with Crippen molar-refractivity contribution in [3.63, 3.8) is 0 Å². The van der Waals surface area contributed by atoms with Gasteiger partial charge in [0.15, 0.2) is 0 Å². The zero-order valence-corrected chi connectivity index (χ0v) is 15.2. The molecule has 1 unspecified atom stereocenters. The van der Waals surface area contributed by atoms with Gasteiger partial charge in [0.25, 0.3) is 0 Å². The van der Waals surface area contributed by atoms with Crippen LogP contribution in [0.2, 0.25) is 0 Å². The molecular weight excluding hydrogens is 334 g/mol. The Labute approximate surface area is 153 Å². The van der Waals surface area contributed by atoms with Gasteiger partial charge in [-0.15, -0.1) is 0 Å². The molecule has 0 bridgehead atoms. The predicted octanol–water partition coefficient (Wildman–Crippen LogP) is 2.42. The van der Waals surface area contributed by atoms with E-state index in [9.17, 15) is 4.79 Å². The Morgan fingerprint density at radius 1 is 1.35 bits per heavy atom. The molecule has 0 aliphatic carbocycles. The van der Waals surface area contributed by atoms with E-state index in [0.717, 1.165) is 22.6 Å². The maximum absolute atomic E-state index is 12.3. The van der Waals surface area contributed by atoms with Gasteiger partial charge in [0, 0.05) is 25.2 Å². The summed E-state index contributed by atoms with van der Waals surface area (Å²) in [6.07, 6.45) is -0.360. The molecule has 0 saturated carbocycles. The zero-order valence-electron chi connectivity index (χ0n) is 15.2. The van der Waals surface area contributed by atoms with E-state index < -0.39 is 0 Å². The first-order valence-corrected chi connectivity index (χ1v) is 8.83. The molecule has 26 heavy (non-hydrogen) atoms. The lowest BCUT2D eigenvalue weighted by molar-refractivity contribution is -0.0271. The lowest BCUT2D eigenvalue weighted by atomic mass is 10.2. The molecule has 1 atom stereocenters. The number of nitrogens with zero attached hydrogens (tertiary/aromatic N) is 2. The third-order valence-electron chi connectivity index (χ3n) is 4.46. The third-order valence-corrected chi connectivity index (χ3v) is 4.46. The average molecular weight is 359 g/mol. The minimum atomic E-state index is -0.298. The number of nitrogens with one attached hydrogen (secondary N) is 1. The molecule has 7 nitrogen and oxygen atoms in total. The van der Waals surface area contributed by atoms with E-state index in [1.54, 1.807) is 4.90 Å². The second kappa shape index (κ2) is 8.82. The van der Waals surface area contributed by atoms with Crippen LogP contribution in [0.1, 0.15) is 22.6 Å². The molecule has 0 spiro atoms. The van der Waals surface area contributed by atoms with E-state index in [1.807, 2.05) is 44.2 Å². The van der Waals surface area contributed by atoms with Crippen molar-refractivity contribution in [1.29, 1.82) is 0 Å². The summed E-state index contributed by atoms with van der Waals surface area (Å²) in [5, 5.41) is 7.30. The summed E-state index contributed by atoms with van der Waals surface area (Å²) in [4.78, 5) is 14.0. The van der Waals surface area contributed by atoms with Crippen molar-refractivity contribution in [3.05, 3.63) is 52.9 Å². The lowest BCUT2D eigenvalue weighted by Gasteiger charge is -2.32. The highest BCUT2D eigenvalue weighted by atomic mass is 16.6. The molecule has 1 N–H and O–H groups in total. The SMILES string of the molecule is Cc1noc(C)c1CNCC1CN(C(=O)OCc2ccccc2)CCO1. The van der Waals surface area contributed by atoms with Crippen molar-refractivity contribution in [3.8, 4) is 0 Å². The first-order chi connectivity index (χ1) is 12.6. The monoisotopic (exact) mass is 359 g/mol. The number of aryl methyl sites for hydroxylation is 2. The average Bonchev–Trinajstić information content (AvgIpc) is 2.99. The number of hydrogen-bond acceptors (Lipinski definition) is 6. The number of hydrogen-bond donors (Lipinski definition) is 1. The summed E-state index contributed by atoms with van der Waals surface area (Å²) < 4.78 is 16.3. The topological polar surface area (TPSA) is 76.8 Å². The van der Waals surface area contributed by atoms with Crippen molar-refractivity contribution in [2.24, 2.45) is 0 Å². The maximum Gasteiger partial charge on any atom is 0.410 e. The van der Waals surface area contributed by atoms with Crippen molar-refractivity contribution >= 4 is 6.09 Å². The van der Waals surface area contributed by atoms with Gasteiger partial charge in [0.2, 0.25) is 0 Å². The first kappa shape index (κ1) is 18.4. The van der Waals surface area contributed by atoms with E-state index in [4.69, 9.17) is 14.0 Å². The van der Waals surface area contributed by atoms with E-state index in [2.05, 4.69) is 10.5 Å². The molecule has 3 rings (SSSR count). The number of amides is 1. The highest BCUT2D eigenvalue weighted by Gasteiger charge is 2.25. The van der Waals surface area contributed by atoms with Gasteiger partial charge in [-0.05, 0) is 19.4 Å². The standard InChI is InChI=1S/C19H25N3O4/c1-14-18(15(2)26-21-14)11-20-10-17-12-22(8-9-24-17)19(23)25-13-16-6-4-3-5-7-16/h3-7,17,20H,8-13H2,1-2H3. The maximum atomic E-state index is 12.3. The third kappa shape index (κ3) is 4.83. The smallest absolute Gasteiger partial charge is 0.410 e. The first-order valence-electron chi connectivity index (χ1n) is 8.83. The fraction of sp³-hybridized carbons (Fsp3) is 0.474. The van der Waals surface area contributed by atoms with Crippen molar-refractivity contribution in [2.75, 3.05) is 26.2 Å². The number of aromatic nitrogens is 1. The number of rotatable bonds is 6. The molecule has 1 aromatic heterocycles. The van der Waals surface area contributed by atoms with Gasteiger partial charge < -0.3 is 24.2 Å². The summed E-state index contributed by atoms with van der Waals surface area (Å²) >= 11 is 0. The Kier molecular flexibility index (Phi) is 6.25. The minimum absolute atomic E-state index is 0.0616. The van der Waals surface area contributed by atoms with Gasteiger partial charge in [0.1, 0.15) is 12.4 Å². The molecule has 1 aliphatic heterocycles. The van der Waals surface area contributed by atoms with Crippen LogP contribution in [-0.2, 0) is 22.6 Å². The zero-order chi connectivity index (χ0) is 18.4. The van der Waals surface area contributed by atoms with Crippen LogP contribution in [-0.4, -0.2) is 48.5 Å². The minimum Gasteiger partial charge on any atom is -0.445 e. The number of morpholine rings is 1. The Bertz CT molecular complexity index is 697. The van der Waals surface area contributed by atoms with Gasteiger partial charge >= 0.3 is 6.09 Å². The number of ether oxygens (including phenoxy) is 2. The van der Waals surface area contributed by atoms with Crippen LogP contribution in [0.25, 0.3) is 0 Å². The quantitative estimate of drug-likeness (QED) is 0.854. The largest absolute Gasteiger partial charge is 0.445 e. The van der Waals surface area contributed by atoms with Crippen LogP contribution in [0.15, 0.2) is 34.9 Å². The molecule has 7 heteroatoms. The molecular formula is C19H25N3O4. The Balaban J connectivity index is 1.42. The van der Waals surface area contributed by atoms with Gasteiger partial charge in [-0.3, -0.25) is 0 Å². The molecule has 1 aromatic carbocycles. The second-order valence-electron chi connectivity index (χ2n) is 6.41. The Hall–Kier alpha value is -2.38. The van der Waals surface area contributed by atoms with Crippen LogP contribution < -0.4 is 5.32 Å². The summed E-state index contributed by atoms with van der Waals surface area (Å²) in [5.41, 5.74) is 2.94. The number of benzene rings is 1. The molecule has 1 fully saturated rings. The van der Waals surface area contributed by atoms with E-state index >= 15 is 0 Å². The molecule has 1 amide bonds. The normalized spacial score (nSPS) is 17.3. The van der Waals surface area contributed by atoms with Crippen LogP contribution in [0.4, 0.5) is 4.79 Å². The molecule has 2 heterocycles. The van der Waals surface area contributed by atoms with Gasteiger partial charge in [-0.1, -0.05) is 35.5 Å². The molecule has 0 radical (unpaired) electrons. The van der Waals surface area contributed by atoms with Crippen LogP contribution >= 0.6 is 0 Å². The van der Waals surface area contributed by atoms with Gasteiger partial charge in [0.05, 0.1) is 24.9 Å². The molecule has 2 aromatic rings. The van der Waals surface area contributed by atoms with Crippen LogP contribution in [0.5, 0.6) is 0 Å². The van der Waals surface area contributed by atoms with Crippen molar-refractivity contribution in [2.45, 2.75) is 33.1 Å². The molecule has 1 saturated heterocycles. The van der Waals surface area contributed by atoms with Crippen LogP contribution in [0, 0.1) is 13.8 Å². The summed E-state index contributed by atoms with van der Waals surface area (Å²) in [6.45, 7) is 7.00. The van der Waals surface area contributed by atoms with E-state index in [1.165, 1.54) is 0 Å². The van der Waals surface area contributed by atoms with Crippen molar-refractivity contribution in [1.82, 2.24) is 15.4 Å².